The van der Waals surface area contributed by atoms with Crippen molar-refractivity contribution in [3.63, 3.8) is 0 Å². The lowest BCUT2D eigenvalue weighted by atomic mass is 10.1. The van der Waals surface area contributed by atoms with E-state index in [9.17, 15) is 0 Å². The summed E-state index contributed by atoms with van der Waals surface area (Å²) in [6, 6.07) is 0. The standard InChI is InChI=1S/C10H12N2/c1-12-7-3-5-10(12)9-4-2-6-11-8-9/h2,4,6-8H,3,5H2,1H3/q+2/b10-9+. The van der Waals surface area contributed by atoms with Gasteiger partial charge in [0.15, 0.2) is 11.8 Å². The Hall–Kier alpha value is -1.31. The molecular weight excluding hydrogens is 148 g/mol. The van der Waals surface area contributed by atoms with Crippen LogP contribution in [0, 0.1) is 6.42 Å². The molecule has 0 aromatic carbocycles. The molecule has 0 aromatic rings. The molecule has 0 bridgehead atoms. The summed E-state index contributed by atoms with van der Waals surface area (Å²) in [7, 11) is 2.09. The van der Waals surface area contributed by atoms with Crippen molar-refractivity contribution in [2.45, 2.75) is 12.8 Å². The van der Waals surface area contributed by atoms with Crippen molar-refractivity contribution in [1.29, 1.82) is 0 Å². The lowest BCUT2D eigenvalue weighted by Crippen LogP contribution is -2.04. The summed E-state index contributed by atoms with van der Waals surface area (Å²) in [6.07, 6.45) is 12.3. The predicted octanol–water partition coefficient (Wildman–Crippen LogP) is 1.55. The van der Waals surface area contributed by atoms with Gasteiger partial charge in [0.05, 0.1) is 6.42 Å². The maximum absolute atomic E-state index is 4.10. The average molecular weight is 160 g/mol. The molecule has 0 saturated heterocycles. The summed E-state index contributed by atoms with van der Waals surface area (Å²) >= 11 is 0. The molecule has 12 heavy (non-hydrogen) atoms. The van der Waals surface area contributed by atoms with Gasteiger partial charge in [-0.15, -0.1) is 0 Å². The zero-order chi connectivity index (χ0) is 8.39. The van der Waals surface area contributed by atoms with Gasteiger partial charge >= 0.3 is 0 Å². The Labute approximate surface area is 72.6 Å². The van der Waals surface area contributed by atoms with Crippen molar-refractivity contribution >= 4 is 12.4 Å². The monoisotopic (exact) mass is 160 g/mol. The van der Waals surface area contributed by atoms with Crippen LogP contribution in [0.4, 0.5) is 0 Å². The molecule has 0 saturated carbocycles. The molecule has 0 unspecified atom stereocenters. The van der Waals surface area contributed by atoms with E-state index >= 15 is 0 Å². The second-order valence-corrected chi connectivity index (χ2v) is 3.02. The van der Waals surface area contributed by atoms with Gasteiger partial charge in [-0.1, -0.05) is 0 Å². The highest BCUT2D eigenvalue weighted by atomic mass is 15.0. The molecule has 0 fully saturated rings. The van der Waals surface area contributed by atoms with Crippen LogP contribution >= 0.6 is 0 Å². The first-order valence-electron chi connectivity index (χ1n) is 4.20. The molecule has 0 radical (unpaired) electrons. The Balaban J connectivity index is 2.31. The maximum atomic E-state index is 4.10. The van der Waals surface area contributed by atoms with Gasteiger partial charge in [0.25, 0.3) is 5.70 Å². The first-order valence-corrected chi connectivity index (χ1v) is 4.20. The van der Waals surface area contributed by atoms with Crippen LogP contribution in [-0.4, -0.2) is 24.1 Å². The van der Waals surface area contributed by atoms with Crippen molar-refractivity contribution < 1.29 is 4.58 Å². The van der Waals surface area contributed by atoms with Crippen LogP contribution in [0.15, 0.2) is 28.5 Å². The number of rotatable bonds is 0. The molecule has 0 aromatic heterocycles. The molecule has 2 heterocycles. The molecule has 2 nitrogen and oxygen atoms in total. The van der Waals surface area contributed by atoms with E-state index in [2.05, 4.69) is 29.3 Å². The highest BCUT2D eigenvalue weighted by molar-refractivity contribution is 5.84. The molecule has 0 atom stereocenters. The molecule has 2 aliphatic heterocycles. The Morgan fingerprint density at radius 2 is 2.50 bits per heavy atom. The van der Waals surface area contributed by atoms with Crippen molar-refractivity contribution in [3.8, 4) is 0 Å². The minimum absolute atomic E-state index is 1.14. The molecule has 2 heteroatoms. The summed E-state index contributed by atoms with van der Waals surface area (Å²) in [4.78, 5) is 4.10. The van der Waals surface area contributed by atoms with E-state index < -0.39 is 0 Å². The molecule has 0 spiro atoms. The molecule has 0 N–H and O–H groups in total. The summed E-state index contributed by atoms with van der Waals surface area (Å²) in [6.45, 7) is 0. The van der Waals surface area contributed by atoms with Gasteiger partial charge in [0.1, 0.15) is 19.5 Å². The topological polar surface area (TPSA) is 15.4 Å². The van der Waals surface area contributed by atoms with Crippen molar-refractivity contribution in [1.82, 2.24) is 0 Å². The summed E-state index contributed by atoms with van der Waals surface area (Å²) < 4.78 is 2.19. The molecule has 0 amide bonds. The van der Waals surface area contributed by atoms with E-state index in [1.165, 1.54) is 11.3 Å². The fourth-order valence-electron chi connectivity index (χ4n) is 1.56. The van der Waals surface area contributed by atoms with Gasteiger partial charge in [0.2, 0.25) is 0 Å². The van der Waals surface area contributed by atoms with E-state index in [1.807, 2.05) is 18.5 Å². The largest absolute Gasteiger partial charge is 0.265 e. The lowest BCUT2D eigenvalue weighted by Gasteiger charge is -1.94. The Morgan fingerprint density at radius 3 is 3.08 bits per heavy atom. The second kappa shape index (κ2) is 2.97. The fraction of sp³-hybridized carbons (Fsp3) is 0.300. The Kier molecular flexibility index (Phi) is 1.82. The second-order valence-electron chi connectivity index (χ2n) is 3.02. The number of hydrogen-bond donors (Lipinski definition) is 0. The van der Waals surface area contributed by atoms with Crippen LogP contribution in [-0.2, 0) is 0 Å². The number of nitrogens with zero attached hydrogens (tertiary/aromatic N) is 2. The van der Waals surface area contributed by atoms with E-state index in [4.69, 9.17) is 0 Å². The van der Waals surface area contributed by atoms with Crippen molar-refractivity contribution in [2.75, 3.05) is 7.05 Å². The first kappa shape index (κ1) is 7.35. The number of allylic oxidation sites excluding steroid dienone is 3. The fourth-order valence-corrected chi connectivity index (χ4v) is 1.56. The van der Waals surface area contributed by atoms with Crippen LogP contribution in [0.5, 0.6) is 0 Å². The number of aliphatic imine (C=N–C) groups is 1. The number of hydrogen-bond acceptors (Lipinski definition) is 1. The van der Waals surface area contributed by atoms with Crippen LogP contribution in [0.25, 0.3) is 0 Å². The van der Waals surface area contributed by atoms with Crippen LogP contribution in [0.3, 0.4) is 0 Å². The predicted molar refractivity (Wildman–Crippen MR) is 50.4 cm³/mol. The zero-order valence-corrected chi connectivity index (χ0v) is 7.20. The average Bonchev–Trinajstić information content (AvgIpc) is 2.53. The third-order valence-corrected chi connectivity index (χ3v) is 2.20. The van der Waals surface area contributed by atoms with Crippen LogP contribution in [0.1, 0.15) is 12.8 Å². The van der Waals surface area contributed by atoms with Gasteiger partial charge in [0, 0.05) is 18.9 Å². The highest BCUT2D eigenvalue weighted by Crippen LogP contribution is 2.18. The van der Waals surface area contributed by atoms with Gasteiger partial charge in [-0.2, -0.15) is 9.57 Å². The smallest absolute Gasteiger partial charge is 0.168 e. The summed E-state index contributed by atoms with van der Waals surface area (Å²) in [5.41, 5.74) is 2.62. The molecular formula is C10H12N2+2. The van der Waals surface area contributed by atoms with Crippen LogP contribution < -0.4 is 0 Å². The van der Waals surface area contributed by atoms with Crippen LogP contribution in [0.2, 0.25) is 0 Å². The van der Waals surface area contributed by atoms with Gasteiger partial charge in [-0.05, 0) is 0 Å². The highest BCUT2D eigenvalue weighted by Gasteiger charge is 2.25. The summed E-state index contributed by atoms with van der Waals surface area (Å²) in [5.74, 6) is 0. The van der Waals surface area contributed by atoms with Crippen molar-refractivity contribution in [3.05, 3.63) is 30.0 Å². The summed E-state index contributed by atoms with van der Waals surface area (Å²) in [5, 5.41) is 0. The molecule has 2 aliphatic rings. The maximum Gasteiger partial charge on any atom is 0.265 e. The third kappa shape index (κ3) is 1.20. The van der Waals surface area contributed by atoms with Crippen molar-refractivity contribution in [2.24, 2.45) is 4.99 Å². The molecule has 0 aliphatic carbocycles. The Bertz CT molecular complexity index is 306. The minimum Gasteiger partial charge on any atom is -0.168 e. The molecule has 60 valence electrons. The quantitative estimate of drug-likeness (QED) is 0.377. The zero-order valence-electron chi connectivity index (χ0n) is 7.20. The van der Waals surface area contributed by atoms with E-state index in [0.717, 1.165) is 12.8 Å². The third-order valence-electron chi connectivity index (χ3n) is 2.20. The minimum atomic E-state index is 1.14. The van der Waals surface area contributed by atoms with Gasteiger partial charge in [-0.25, -0.2) is 0 Å². The van der Waals surface area contributed by atoms with E-state index in [-0.39, 0.29) is 0 Å². The lowest BCUT2D eigenvalue weighted by molar-refractivity contribution is -0.434. The van der Waals surface area contributed by atoms with Gasteiger partial charge < -0.3 is 0 Å². The molecule has 2 rings (SSSR count). The Morgan fingerprint density at radius 1 is 1.58 bits per heavy atom. The van der Waals surface area contributed by atoms with E-state index in [0.29, 0.717) is 0 Å². The SMILES string of the molecule is C[N+]1=CCC/C1=C1\C=NC=C[CH+]1. The van der Waals surface area contributed by atoms with Gasteiger partial charge in [-0.3, -0.25) is 0 Å². The normalized spacial score (nSPS) is 27.2. The first-order chi connectivity index (χ1) is 5.88. The van der Waals surface area contributed by atoms with E-state index in [1.54, 1.807) is 0 Å².